The first kappa shape index (κ1) is 28.7. The van der Waals surface area contributed by atoms with Gasteiger partial charge in [0, 0.05) is 21.3 Å². The number of aliphatic hydroxyl groups excluding tert-OH is 4. The Balaban J connectivity index is 1.50. The number of carbonyl (C=O) groups is 1. The van der Waals surface area contributed by atoms with E-state index in [1.807, 2.05) is 0 Å². The molecule has 15 heteroatoms. The highest BCUT2D eigenvalue weighted by Gasteiger charge is 2.51. The van der Waals surface area contributed by atoms with Crippen LogP contribution in [0.3, 0.4) is 0 Å². The zero-order valence-electron chi connectivity index (χ0n) is 20.4. The number of halogens is 5. The van der Waals surface area contributed by atoms with Crippen molar-refractivity contribution in [2.45, 2.75) is 55.4 Å². The molecule has 1 saturated carbocycles. The number of aromatic nitrogens is 3. The number of aliphatic hydroxyl groups is 4. The van der Waals surface area contributed by atoms with Crippen LogP contribution in [-0.2, 0) is 9.53 Å². The van der Waals surface area contributed by atoms with Crippen molar-refractivity contribution >= 4 is 34.8 Å². The van der Waals surface area contributed by atoms with E-state index in [0.29, 0.717) is 25.0 Å². The van der Waals surface area contributed by atoms with Crippen LogP contribution in [-0.4, -0.2) is 84.5 Å². The van der Waals surface area contributed by atoms with Gasteiger partial charge in [-0.15, -0.1) is 5.10 Å². The molecule has 214 valence electrons. The van der Waals surface area contributed by atoms with Gasteiger partial charge in [-0.3, -0.25) is 4.79 Å². The van der Waals surface area contributed by atoms with E-state index in [2.05, 4.69) is 10.3 Å². The van der Waals surface area contributed by atoms with Gasteiger partial charge in [0.15, 0.2) is 23.6 Å². The van der Waals surface area contributed by atoms with Crippen LogP contribution >= 0.6 is 23.2 Å². The minimum atomic E-state index is -1.78. The van der Waals surface area contributed by atoms with Crippen LogP contribution in [0.25, 0.3) is 11.3 Å². The van der Waals surface area contributed by atoms with Crippen LogP contribution in [0.2, 0.25) is 10.0 Å². The molecule has 0 bridgehead atoms. The Labute approximate surface area is 235 Å². The van der Waals surface area contributed by atoms with Gasteiger partial charge in [-0.1, -0.05) is 28.4 Å². The summed E-state index contributed by atoms with van der Waals surface area (Å²) in [5, 5.41) is 50.5. The number of nitrogens with zero attached hydrogens (tertiary/aromatic N) is 4. The lowest BCUT2D eigenvalue weighted by Crippen LogP contribution is -2.63. The van der Waals surface area contributed by atoms with Gasteiger partial charge in [0.25, 0.3) is 5.91 Å². The molecular weight excluding hydrogens is 580 g/mol. The maximum absolute atomic E-state index is 13.9. The summed E-state index contributed by atoms with van der Waals surface area (Å²) in [5.74, 6) is -5.39. The summed E-state index contributed by atoms with van der Waals surface area (Å²) in [6.45, 7) is -0.751. The van der Waals surface area contributed by atoms with Gasteiger partial charge in [0.05, 0.1) is 24.9 Å². The molecule has 0 spiro atoms. The maximum Gasteiger partial charge on any atom is 0.259 e. The molecule has 1 saturated heterocycles. The summed E-state index contributed by atoms with van der Waals surface area (Å²) < 4.78 is 47.5. The molecule has 10 nitrogen and oxygen atoms in total. The van der Waals surface area contributed by atoms with Crippen molar-refractivity contribution in [1.29, 1.82) is 0 Å². The van der Waals surface area contributed by atoms with E-state index in [9.17, 15) is 38.4 Å². The third-order valence-electron chi connectivity index (χ3n) is 7.13. The summed E-state index contributed by atoms with van der Waals surface area (Å²) in [7, 11) is 0. The maximum atomic E-state index is 13.9. The Kier molecular flexibility index (Phi) is 8.08. The van der Waals surface area contributed by atoms with E-state index in [-0.39, 0.29) is 27.0 Å². The molecule has 0 radical (unpaired) electrons. The van der Waals surface area contributed by atoms with Gasteiger partial charge < -0.3 is 30.1 Å². The molecule has 40 heavy (non-hydrogen) atoms. The normalized spacial score (nSPS) is 28.3. The molecule has 2 aromatic carbocycles. The summed E-state index contributed by atoms with van der Waals surface area (Å²) in [6, 6.07) is 3.63. The highest BCUT2D eigenvalue weighted by atomic mass is 35.5. The fourth-order valence-electron chi connectivity index (χ4n) is 4.94. The molecule has 1 aromatic heterocycles. The lowest BCUT2D eigenvalue weighted by molar-refractivity contribution is -0.205. The van der Waals surface area contributed by atoms with Crippen LogP contribution in [0.1, 0.15) is 18.9 Å². The molecule has 1 amide bonds. The SMILES string of the molecule is O=C([C@@H]1O[C@H](CO)[C@H](O)[C@H](n2cc(-c3cc(F)c(F)c(F)c3)nn2)[C@H]1O)N(c1cc(Cl)cc(Cl)c1)[C@H]1CC[C@@H]1O. The standard InChI is InChI=1S/C25H23Cl2F3N4O6/c26-11-5-12(27)7-13(6-11)34(17-1-2-18(17)36)25(39)24-23(38)21(22(37)19(9-35)40-24)33-8-16(31-32-33)10-3-14(28)20(30)15(29)4-10/h3-8,17-19,21-24,35-38H,1-2,9H2/t17-,18-,19+,21-,22-,23+,24+/m0/s1. The molecule has 4 N–H and O–H groups in total. The van der Waals surface area contributed by atoms with Gasteiger partial charge in [0.1, 0.15) is 30.0 Å². The van der Waals surface area contributed by atoms with Crippen LogP contribution in [0, 0.1) is 17.5 Å². The predicted octanol–water partition coefficient (Wildman–Crippen LogP) is 2.25. The first-order valence-electron chi connectivity index (χ1n) is 12.2. The largest absolute Gasteiger partial charge is 0.394 e. The van der Waals surface area contributed by atoms with Crippen molar-refractivity contribution in [1.82, 2.24) is 15.0 Å². The van der Waals surface area contributed by atoms with E-state index in [4.69, 9.17) is 27.9 Å². The molecule has 0 unspecified atom stereocenters. The molecule has 2 heterocycles. The van der Waals surface area contributed by atoms with Gasteiger partial charge in [-0.25, -0.2) is 17.9 Å². The van der Waals surface area contributed by atoms with E-state index in [1.54, 1.807) is 0 Å². The number of hydrogen-bond acceptors (Lipinski definition) is 8. The van der Waals surface area contributed by atoms with Gasteiger partial charge in [0.2, 0.25) is 0 Å². The van der Waals surface area contributed by atoms with Crippen LogP contribution in [0.15, 0.2) is 36.5 Å². The smallest absolute Gasteiger partial charge is 0.259 e. The summed E-state index contributed by atoms with van der Waals surface area (Å²) in [5.41, 5.74) is -0.0680. The summed E-state index contributed by atoms with van der Waals surface area (Å²) >= 11 is 12.3. The molecule has 1 aliphatic heterocycles. The fraction of sp³-hybridized carbons (Fsp3) is 0.400. The Morgan fingerprint density at radius 1 is 1.02 bits per heavy atom. The second kappa shape index (κ2) is 11.2. The molecule has 1 aliphatic carbocycles. The fourth-order valence-corrected chi connectivity index (χ4v) is 5.45. The second-order valence-electron chi connectivity index (χ2n) is 9.64. The molecule has 2 aliphatic rings. The van der Waals surface area contributed by atoms with Gasteiger partial charge in [-0.05, 0) is 43.2 Å². The summed E-state index contributed by atoms with van der Waals surface area (Å²) in [6.07, 6.45) is -5.34. The lowest BCUT2D eigenvalue weighted by Gasteiger charge is -2.46. The Hall–Kier alpha value is -2.78. The third-order valence-corrected chi connectivity index (χ3v) is 7.56. The van der Waals surface area contributed by atoms with Crippen molar-refractivity contribution in [3.8, 4) is 11.3 Å². The highest BCUT2D eigenvalue weighted by Crippen LogP contribution is 2.37. The van der Waals surface area contributed by atoms with E-state index in [0.717, 1.165) is 10.9 Å². The van der Waals surface area contributed by atoms with Crippen LogP contribution in [0.5, 0.6) is 0 Å². The first-order valence-corrected chi connectivity index (χ1v) is 12.9. The van der Waals surface area contributed by atoms with Crippen molar-refractivity contribution in [3.05, 3.63) is 64.0 Å². The average Bonchev–Trinajstić information content (AvgIpc) is 3.38. The number of hydrogen-bond donors (Lipinski definition) is 4. The molecule has 3 aromatic rings. The number of benzene rings is 2. The number of ether oxygens (including phenoxy) is 1. The quantitative estimate of drug-likeness (QED) is 0.315. The zero-order chi connectivity index (χ0) is 28.9. The molecule has 5 rings (SSSR count). The molecule has 2 fully saturated rings. The zero-order valence-corrected chi connectivity index (χ0v) is 21.9. The monoisotopic (exact) mass is 602 g/mol. The van der Waals surface area contributed by atoms with Gasteiger partial charge in [-0.2, -0.15) is 0 Å². The summed E-state index contributed by atoms with van der Waals surface area (Å²) in [4.78, 5) is 15.1. The average molecular weight is 603 g/mol. The Morgan fingerprint density at radius 2 is 1.68 bits per heavy atom. The van der Waals surface area contributed by atoms with Crippen molar-refractivity contribution in [2.75, 3.05) is 11.5 Å². The number of amides is 1. The Morgan fingerprint density at radius 3 is 2.23 bits per heavy atom. The number of rotatable bonds is 6. The van der Waals surface area contributed by atoms with Crippen LogP contribution in [0.4, 0.5) is 18.9 Å². The van der Waals surface area contributed by atoms with Crippen molar-refractivity contribution in [3.63, 3.8) is 0 Å². The van der Waals surface area contributed by atoms with E-state index >= 15 is 0 Å². The molecule has 7 atom stereocenters. The topological polar surface area (TPSA) is 141 Å². The number of carbonyl (C=O) groups excluding carboxylic acids is 1. The third kappa shape index (κ3) is 5.18. The van der Waals surface area contributed by atoms with E-state index in [1.165, 1.54) is 23.1 Å². The minimum Gasteiger partial charge on any atom is -0.394 e. The lowest BCUT2D eigenvalue weighted by atomic mass is 9.85. The van der Waals surface area contributed by atoms with Gasteiger partial charge >= 0.3 is 0 Å². The van der Waals surface area contributed by atoms with E-state index < -0.39 is 72.6 Å². The second-order valence-corrected chi connectivity index (χ2v) is 10.5. The van der Waals surface area contributed by atoms with Crippen molar-refractivity contribution < 1.29 is 43.1 Å². The number of anilines is 1. The Bertz CT molecular complexity index is 1390. The minimum absolute atomic E-state index is 0.125. The highest BCUT2D eigenvalue weighted by molar-refractivity contribution is 6.35. The molecular formula is C25H23Cl2F3N4O6. The first-order chi connectivity index (χ1) is 19.0. The predicted molar refractivity (Wildman–Crippen MR) is 135 cm³/mol. The van der Waals surface area contributed by atoms with Crippen LogP contribution < -0.4 is 4.90 Å². The van der Waals surface area contributed by atoms with Crippen molar-refractivity contribution in [2.24, 2.45) is 0 Å².